The molecule has 0 atom stereocenters. The van der Waals surface area contributed by atoms with E-state index in [0.717, 1.165) is 27.9 Å². The van der Waals surface area contributed by atoms with Crippen molar-refractivity contribution in [1.29, 1.82) is 0 Å². The molecule has 16 heavy (non-hydrogen) atoms. The number of nitrogen functional groups attached to an aromatic ring is 1. The molecule has 0 spiro atoms. The van der Waals surface area contributed by atoms with Crippen molar-refractivity contribution in [1.82, 2.24) is 9.97 Å². The summed E-state index contributed by atoms with van der Waals surface area (Å²) in [5, 5.41) is 1.12. The van der Waals surface area contributed by atoms with Crippen LogP contribution in [0.4, 0.5) is 6.01 Å². The highest BCUT2D eigenvalue weighted by atomic mass is 16.4. The summed E-state index contributed by atoms with van der Waals surface area (Å²) in [5.74, 6) is 0.738. The molecule has 0 aliphatic carbocycles. The van der Waals surface area contributed by atoms with E-state index in [0.29, 0.717) is 0 Å². The minimum absolute atomic E-state index is 0.206. The number of aromatic nitrogens is 2. The Morgan fingerprint density at radius 2 is 2.12 bits per heavy atom. The first kappa shape index (κ1) is 9.03. The van der Waals surface area contributed by atoms with Gasteiger partial charge in [0.25, 0.3) is 6.01 Å². The van der Waals surface area contributed by atoms with E-state index in [4.69, 9.17) is 10.2 Å². The molecule has 0 fully saturated rings. The van der Waals surface area contributed by atoms with E-state index < -0.39 is 0 Å². The molecule has 0 saturated carbocycles. The van der Waals surface area contributed by atoms with Crippen molar-refractivity contribution < 1.29 is 4.42 Å². The third kappa shape index (κ3) is 1.20. The number of benzene rings is 1. The van der Waals surface area contributed by atoms with Gasteiger partial charge in [0.15, 0.2) is 0 Å². The smallest absolute Gasteiger partial charge is 0.292 e. The maximum absolute atomic E-state index is 5.54. The number of rotatable bonds is 1. The molecule has 0 saturated heterocycles. The first-order valence-corrected chi connectivity index (χ1v) is 5.05. The monoisotopic (exact) mass is 213 g/mol. The first-order chi connectivity index (χ1) is 7.75. The quantitative estimate of drug-likeness (QED) is 0.653. The Kier molecular flexibility index (Phi) is 1.77. The molecular formula is C12H11N3O. The number of hydrogen-bond donors (Lipinski definition) is 2. The van der Waals surface area contributed by atoms with Crippen molar-refractivity contribution >= 4 is 16.9 Å². The Morgan fingerprint density at radius 3 is 2.88 bits per heavy atom. The molecule has 0 aliphatic heterocycles. The van der Waals surface area contributed by atoms with Crippen molar-refractivity contribution in [3.63, 3.8) is 0 Å². The second-order valence-electron chi connectivity index (χ2n) is 3.70. The maximum Gasteiger partial charge on any atom is 0.292 e. The number of H-pyrrole nitrogens is 1. The Hall–Kier alpha value is -2.23. The Bertz CT molecular complexity index is 651. The van der Waals surface area contributed by atoms with E-state index in [1.165, 1.54) is 0 Å². The lowest BCUT2D eigenvalue weighted by atomic mass is 10.1. The lowest BCUT2D eigenvalue weighted by Gasteiger charge is -1.94. The van der Waals surface area contributed by atoms with Gasteiger partial charge in [-0.05, 0) is 13.0 Å². The molecule has 2 aromatic heterocycles. The number of nitrogens with one attached hydrogen (secondary N) is 1. The van der Waals surface area contributed by atoms with Crippen LogP contribution in [-0.4, -0.2) is 9.97 Å². The summed E-state index contributed by atoms with van der Waals surface area (Å²) >= 11 is 0. The average Bonchev–Trinajstić information content (AvgIpc) is 2.81. The Morgan fingerprint density at radius 1 is 1.31 bits per heavy atom. The highest BCUT2D eigenvalue weighted by molar-refractivity contribution is 5.95. The van der Waals surface area contributed by atoms with Crippen LogP contribution in [0, 0.1) is 6.92 Å². The fourth-order valence-corrected chi connectivity index (χ4v) is 1.93. The van der Waals surface area contributed by atoms with Gasteiger partial charge in [-0.1, -0.05) is 18.2 Å². The number of oxazole rings is 1. The number of nitrogens with two attached hydrogens (primary N) is 1. The molecule has 4 nitrogen and oxygen atoms in total. The van der Waals surface area contributed by atoms with Gasteiger partial charge in [0.1, 0.15) is 11.5 Å². The van der Waals surface area contributed by atoms with Crippen LogP contribution in [0.25, 0.3) is 22.2 Å². The Labute approximate surface area is 92.1 Å². The van der Waals surface area contributed by atoms with Crippen LogP contribution in [0.3, 0.4) is 0 Å². The van der Waals surface area contributed by atoms with Gasteiger partial charge in [-0.15, -0.1) is 0 Å². The van der Waals surface area contributed by atoms with Gasteiger partial charge in [0, 0.05) is 22.7 Å². The van der Waals surface area contributed by atoms with Crippen LogP contribution >= 0.6 is 0 Å². The summed E-state index contributed by atoms with van der Waals surface area (Å²) in [6.07, 6.45) is 1.93. The third-order valence-electron chi connectivity index (χ3n) is 2.66. The number of nitrogens with zero attached hydrogens (tertiary/aromatic N) is 1. The van der Waals surface area contributed by atoms with Gasteiger partial charge in [-0.25, -0.2) is 0 Å². The molecular weight excluding hydrogens is 202 g/mol. The van der Waals surface area contributed by atoms with Gasteiger partial charge in [0.05, 0.1) is 0 Å². The van der Waals surface area contributed by atoms with Crippen molar-refractivity contribution in [2.75, 3.05) is 5.73 Å². The van der Waals surface area contributed by atoms with Crippen LogP contribution in [0.15, 0.2) is 34.9 Å². The summed E-state index contributed by atoms with van der Waals surface area (Å²) in [4.78, 5) is 7.39. The van der Waals surface area contributed by atoms with Crippen LogP contribution in [-0.2, 0) is 0 Å². The third-order valence-corrected chi connectivity index (χ3v) is 2.66. The van der Waals surface area contributed by atoms with Crippen molar-refractivity contribution in [3.05, 3.63) is 36.2 Å². The lowest BCUT2D eigenvalue weighted by molar-refractivity contribution is 0.549. The van der Waals surface area contributed by atoms with E-state index >= 15 is 0 Å². The molecule has 0 aliphatic rings. The first-order valence-electron chi connectivity index (χ1n) is 5.05. The van der Waals surface area contributed by atoms with Crippen LogP contribution in [0.5, 0.6) is 0 Å². The second kappa shape index (κ2) is 3.13. The minimum Gasteiger partial charge on any atom is -0.429 e. The number of para-hydroxylation sites is 1. The molecule has 0 radical (unpaired) electrons. The fourth-order valence-electron chi connectivity index (χ4n) is 1.93. The maximum atomic E-state index is 5.54. The largest absolute Gasteiger partial charge is 0.429 e. The van der Waals surface area contributed by atoms with Gasteiger partial charge in [0.2, 0.25) is 0 Å². The number of aromatic amines is 1. The number of hydrogen-bond acceptors (Lipinski definition) is 3. The average molecular weight is 213 g/mol. The van der Waals surface area contributed by atoms with Gasteiger partial charge >= 0.3 is 0 Å². The van der Waals surface area contributed by atoms with Crippen LogP contribution in [0.2, 0.25) is 0 Å². The van der Waals surface area contributed by atoms with Crippen molar-refractivity contribution in [3.8, 4) is 11.3 Å². The minimum atomic E-state index is 0.206. The molecule has 3 N–H and O–H groups in total. The Balaban J connectivity index is 2.30. The van der Waals surface area contributed by atoms with E-state index in [2.05, 4.69) is 9.97 Å². The lowest BCUT2D eigenvalue weighted by Crippen LogP contribution is -1.83. The molecule has 4 heteroatoms. The number of anilines is 1. The molecule has 3 aromatic rings. The van der Waals surface area contributed by atoms with Crippen molar-refractivity contribution in [2.24, 2.45) is 0 Å². The fraction of sp³-hybridized carbons (Fsp3) is 0.0833. The topological polar surface area (TPSA) is 67.8 Å². The van der Waals surface area contributed by atoms with E-state index in [1.807, 2.05) is 37.4 Å². The molecule has 0 amide bonds. The predicted molar refractivity (Wildman–Crippen MR) is 62.9 cm³/mol. The molecule has 0 unspecified atom stereocenters. The molecule has 80 valence electrons. The standard InChI is InChI=1S/C12H11N3O/c1-7-11(15-12(13)16-7)9-6-14-10-5-3-2-4-8(9)10/h2-6,14H,1H3,(H2,13,15). The zero-order valence-corrected chi connectivity index (χ0v) is 8.82. The normalized spacial score (nSPS) is 11.1. The van der Waals surface area contributed by atoms with Gasteiger partial charge < -0.3 is 15.1 Å². The van der Waals surface area contributed by atoms with Gasteiger partial charge in [-0.3, -0.25) is 0 Å². The van der Waals surface area contributed by atoms with Gasteiger partial charge in [-0.2, -0.15) is 4.98 Å². The summed E-state index contributed by atoms with van der Waals surface area (Å²) in [5.41, 5.74) is 8.45. The summed E-state index contributed by atoms with van der Waals surface area (Å²) < 4.78 is 5.24. The van der Waals surface area contributed by atoms with E-state index in [9.17, 15) is 0 Å². The van der Waals surface area contributed by atoms with Crippen LogP contribution < -0.4 is 5.73 Å². The number of fused-ring (bicyclic) bond motifs is 1. The van der Waals surface area contributed by atoms with Crippen LogP contribution in [0.1, 0.15) is 5.76 Å². The molecule has 2 heterocycles. The predicted octanol–water partition coefficient (Wildman–Crippen LogP) is 2.71. The zero-order valence-electron chi connectivity index (χ0n) is 8.82. The summed E-state index contributed by atoms with van der Waals surface area (Å²) in [7, 11) is 0. The van der Waals surface area contributed by atoms with E-state index in [-0.39, 0.29) is 6.01 Å². The SMILES string of the molecule is Cc1oc(N)nc1-c1c[nH]c2ccccc12. The summed E-state index contributed by atoms with van der Waals surface area (Å²) in [6.45, 7) is 1.86. The zero-order chi connectivity index (χ0) is 11.1. The van der Waals surface area contributed by atoms with Crippen molar-refractivity contribution in [2.45, 2.75) is 6.92 Å². The highest BCUT2D eigenvalue weighted by Gasteiger charge is 2.13. The van der Waals surface area contributed by atoms with E-state index in [1.54, 1.807) is 0 Å². The highest BCUT2D eigenvalue weighted by Crippen LogP contribution is 2.30. The number of aryl methyl sites for hydroxylation is 1. The summed E-state index contributed by atoms with van der Waals surface area (Å²) in [6, 6.07) is 8.27. The molecule has 1 aromatic carbocycles. The second-order valence-corrected chi connectivity index (χ2v) is 3.70. The molecule has 0 bridgehead atoms. The molecule has 3 rings (SSSR count).